The Balaban J connectivity index is 2.07. The molecule has 0 radical (unpaired) electrons. The van der Waals surface area contributed by atoms with Crippen LogP contribution in [0.5, 0.6) is 0 Å². The molecule has 0 bridgehead atoms. The molecule has 1 fully saturated rings. The number of hydrogen-bond acceptors (Lipinski definition) is 4. The molecule has 1 aliphatic carbocycles. The number of nitrogens with zero attached hydrogens (tertiary/aromatic N) is 1. The molecule has 0 aliphatic heterocycles. The Labute approximate surface area is 133 Å². The van der Waals surface area contributed by atoms with Crippen molar-refractivity contribution in [2.75, 3.05) is 18.5 Å². The molecular weight excluding hydrogens is 315 g/mol. The molecule has 0 spiro atoms. The van der Waals surface area contributed by atoms with Gasteiger partial charge < -0.3 is 10.4 Å². The maximum atomic E-state index is 10.7. The van der Waals surface area contributed by atoms with E-state index >= 15 is 0 Å². The van der Waals surface area contributed by atoms with E-state index in [4.69, 9.17) is 23.2 Å². The smallest absolute Gasteiger partial charge is 0.272 e. The maximum absolute atomic E-state index is 10.7. The van der Waals surface area contributed by atoms with Crippen LogP contribution in [0.3, 0.4) is 0 Å². The minimum absolute atomic E-state index is 0.124. The van der Waals surface area contributed by atoms with Crippen LogP contribution in [0.4, 0.5) is 11.4 Å². The van der Waals surface area contributed by atoms with Gasteiger partial charge in [0.15, 0.2) is 0 Å². The topological polar surface area (TPSA) is 75.4 Å². The van der Waals surface area contributed by atoms with Gasteiger partial charge in [0.1, 0.15) is 0 Å². The molecule has 7 heteroatoms. The van der Waals surface area contributed by atoms with Gasteiger partial charge >= 0.3 is 0 Å². The minimum atomic E-state index is -0.523. The fourth-order valence-corrected chi connectivity index (χ4v) is 3.47. The molecule has 1 saturated carbocycles. The number of rotatable bonds is 5. The summed E-state index contributed by atoms with van der Waals surface area (Å²) in [7, 11) is 0. The second-order valence-electron chi connectivity index (χ2n) is 5.41. The Hall–Kier alpha value is -1.04. The zero-order valence-corrected chi connectivity index (χ0v) is 13.0. The second kappa shape index (κ2) is 7.29. The van der Waals surface area contributed by atoms with E-state index in [1.165, 1.54) is 12.1 Å². The molecule has 5 nitrogen and oxygen atoms in total. The molecule has 0 aromatic heterocycles. The first-order valence-electron chi connectivity index (χ1n) is 7.01. The number of aliphatic hydroxyl groups excluding tert-OH is 1. The number of benzene rings is 1. The molecule has 2 unspecified atom stereocenters. The highest BCUT2D eigenvalue weighted by Gasteiger charge is 2.25. The summed E-state index contributed by atoms with van der Waals surface area (Å²) in [5, 5.41) is 23.8. The van der Waals surface area contributed by atoms with E-state index in [1.54, 1.807) is 0 Å². The van der Waals surface area contributed by atoms with Crippen molar-refractivity contribution in [1.82, 2.24) is 0 Å². The second-order valence-corrected chi connectivity index (χ2v) is 6.22. The van der Waals surface area contributed by atoms with E-state index in [1.807, 2.05) is 0 Å². The summed E-state index contributed by atoms with van der Waals surface area (Å²) >= 11 is 12.1. The number of nitro benzene ring substituents is 1. The van der Waals surface area contributed by atoms with Crippen molar-refractivity contribution < 1.29 is 10.0 Å². The van der Waals surface area contributed by atoms with Crippen molar-refractivity contribution in [3.63, 3.8) is 0 Å². The molecule has 116 valence electrons. The third-order valence-corrected chi connectivity index (χ3v) is 4.68. The predicted molar refractivity (Wildman–Crippen MR) is 84.1 cm³/mol. The molecule has 1 aromatic rings. The van der Waals surface area contributed by atoms with Crippen LogP contribution in [-0.4, -0.2) is 23.2 Å². The van der Waals surface area contributed by atoms with Crippen molar-refractivity contribution in [3.8, 4) is 0 Å². The lowest BCUT2D eigenvalue weighted by Gasteiger charge is -2.30. The van der Waals surface area contributed by atoms with Crippen LogP contribution in [0, 0.1) is 22.0 Å². The molecule has 2 rings (SSSR count). The van der Waals surface area contributed by atoms with Crippen molar-refractivity contribution in [3.05, 3.63) is 32.3 Å². The van der Waals surface area contributed by atoms with E-state index in [0.717, 1.165) is 25.7 Å². The summed E-state index contributed by atoms with van der Waals surface area (Å²) in [5.74, 6) is 0.660. The largest absolute Gasteiger partial charge is 0.396 e. The molecule has 0 amide bonds. The van der Waals surface area contributed by atoms with E-state index in [-0.39, 0.29) is 22.3 Å². The van der Waals surface area contributed by atoms with Gasteiger partial charge in [0.05, 0.1) is 20.7 Å². The highest BCUT2D eigenvalue weighted by molar-refractivity contribution is 6.39. The summed E-state index contributed by atoms with van der Waals surface area (Å²) in [6.45, 7) is 0.844. The summed E-state index contributed by atoms with van der Waals surface area (Å²) in [6, 6.07) is 2.58. The number of non-ortho nitro benzene ring substituents is 1. The van der Waals surface area contributed by atoms with Gasteiger partial charge in [-0.1, -0.05) is 36.0 Å². The van der Waals surface area contributed by atoms with Gasteiger partial charge in [-0.3, -0.25) is 10.1 Å². The van der Waals surface area contributed by atoms with Crippen LogP contribution in [0.15, 0.2) is 12.1 Å². The minimum Gasteiger partial charge on any atom is -0.396 e. The van der Waals surface area contributed by atoms with Crippen LogP contribution in [0.1, 0.15) is 25.7 Å². The van der Waals surface area contributed by atoms with Gasteiger partial charge in [-0.15, -0.1) is 0 Å². The van der Waals surface area contributed by atoms with Crippen LogP contribution in [0.25, 0.3) is 0 Å². The molecule has 1 aromatic carbocycles. The predicted octanol–water partition coefficient (Wildman–Crippen LogP) is 4.11. The van der Waals surface area contributed by atoms with E-state index in [0.29, 0.717) is 24.1 Å². The molecular formula is C14H18Cl2N2O3. The van der Waals surface area contributed by atoms with Gasteiger partial charge in [0.25, 0.3) is 5.69 Å². The lowest BCUT2D eigenvalue weighted by molar-refractivity contribution is -0.384. The Kier molecular flexibility index (Phi) is 5.67. The number of aliphatic hydroxyl groups is 1. The van der Waals surface area contributed by atoms with Crippen LogP contribution in [0.2, 0.25) is 10.0 Å². The van der Waals surface area contributed by atoms with E-state index < -0.39 is 4.92 Å². The molecule has 0 saturated heterocycles. The lowest BCUT2D eigenvalue weighted by atomic mass is 9.79. The third kappa shape index (κ3) is 3.99. The van der Waals surface area contributed by atoms with Gasteiger partial charge in [-0.25, -0.2) is 0 Å². The average Bonchev–Trinajstić information content (AvgIpc) is 2.46. The fourth-order valence-electron chi connectivity index (χ4n) is 2.86. The van der Waals surface area contributed by atoms with Crippen LogP contribution >= 0.6 is 23.2 Å². The summed E-state index contributed by atoms with van der Waals surface area (Å²) in [5.41, 5.74) is 0.396. The first-order chi connectivity index (χ1) is 10.0. The zero-order chi connectivity index (χ0) is 15.4. The fraction of sp³-hybridized carbons (Fsp3) is 0.571. The Bertz CT molecular complexity index is 502. The molecule has 21 heavy (non-hydrogen) atoms. The van der Waals surface area contributed by atoms with Crippen molar-refractivity contribution in [2.24, 2.45) is 11.8 Å². The lowest BCUT2D eigenvalue weighted by Crippen LogP contribution is -2.28. The number of anilines is 1. The van der Waals surface area contributed by atoms with Crippen molar-refractivity contribution >= 4 is 34.6 Å². The monoisotopic (exact) mass is 332 g/mol. The van der Waals surface area contributed by atoms with Crippen LogP contribution < -0.4 is 5.32 Å². The van der Waals surface area contributed by atoms with Gasteiger partial charge in [0, 0.05) is 25.3 Å². The number of nitro groups is 1. The SMILES string of the molecule is O=[N+]([O-])c1cc(Cl)c(NCC2CCCCC2CO)c(Cl)c1. The Morgan fingerprint density at radius 1 is 1.24 bits per heavy atom. The molecule has 0 heterocycles. The molecule has 1 aliphatic rings. The number of hydrogen-bond donors (Lipinski definition) is 2. The highest BCUT2D eigenvalue weighted by atomic mass is 35.5. The van der Waals surface area contributed by atoms with Gasteiger partial charge in [0.2, 0.25) is 0 Å². The Morgan fingerprint density at radius 3 is 2.33 bits per heavy atom. The van der Waals surface area contributed by atoms with E-state index in [9.17, 15) is 15.2 Å². The van der Waals surface area contributed by atoms with Crippen molar-refractivity contribution in [1.29, 1.82) is 0 Å². The van der Waals surface area contributed by atoms with Gasteiger partial charge in [-0.2, -0.15) is 0 Å². The quantitative estimate of drug-likeness (QED) is 0.628. The summed E-state index contributed by atoms with van der Waals surface area (Å²) < 4.78 is 0. The molecule has 2 atom stereocenters. The first-order valence-corrected chi connectivity index (χ1v) is 7.76. The van der Waals surface area contributed by atoms with Crippen molar-refractivity contribution in [2.45, 2.75) is 25.7 Å². The first kappa shape index (κ1) is 16.3. The van der Waals surface area contributed by atoms with E-state index in [2.05, 4.69) is 5.32 Å². The average molecular weight is 333 g/mol. The van der Waals surface area contributed by atoms with Gasteiger partial charge in [-0.05, 0) is 24.7 Å². The maximum Gasteiger partial charge on any atom is 0.272 e. The number of halogens is 2. The Morgan fingerprint density at radius 2 is 1.81 bits per heavy atom. The molecule has 2 N–H and O–H groups in total. The standard InChI is InChI=1S/C14H18Cl2N2O3/c15-12-5-11(18(20)21)6-13(16)14(12)17-7-9-3-1-2-4-10(9)8-19/h5-6,9-10,17,19H,1-4,7-8H2. The zero-order valence-electron chi connectivity index (χ0n) is 11.5. The summed E-state index contributed by atoms with van der Waals surface area (Å²) in [4.78, 5) is 10.2. The highest BCUT2D eigenvalue weighted by Crippen LogP contribution is 2.36. The normalized spacial score (nSPS) is 22.0. The van der Waals surface area contributed by atoms with Crippen LogP contribution in [-0.2, 0) is 0 Å². The summed E-state index contributed by atoms with van der Waals surface area (Å²) in [6.07, 6.45) is 4.40. The third-order valence-electron chi connectivity index (χ3n) is 4.08. The number of nitrogens with one attached hydrogen (secondary N) is 1.